The molecule has 1 amide bonds. The summed E-state index contributed by atoms with van der Waals surface area (Å²) in [7, 11) is 2.14. The molecule has 3 N–H and O–H groups in total. The Hall–Kier alpha value is -3.92. The zero-order valence-corrected chi connectivity index (χ0v) is 24.9. The lowest BCUT2D eigenvalue weighted by Crippen LogP contribution is -2.36. The third kappa shape index (κ3) is 6.13. The summed E-state index contributed by atoms with van der Waals surface area (Å²) in [6.07, 6.45) is 9.36. The van der Waals surface area contributed by atoms with Crippen molar-refractivity contribution in [2.24, 2.45) is 0 Å². The predicted molar refractivity (Wildman–Crippen MR) is 165 cm³/mol. The highest BCUT2D eigenvalue weighted by atomic mass is 16.5. The third-order valence-corrected chi connectivity index (χ3v) is 8.79. The second-order valence-electron chi connectivity index (χ2n) is 12.2. The van der Waals surface area contributed by atoms with Crippen molar-refractivity contribution in [2.75, 3.05) is 25.5 Å². The van der Waals surface area contributed by atoms with E-state index in [1.54, 1.807) is 4.52 Å². The van der Waals surface area contributed by atoms with E-state index < -0.39 is 0 Å². The molecule has 10 heteroatoms. The Morgan fingerprint density at radius 1 is 1.14 bits per heavy atom. The van der Waals surface area contributed by atoms with Crippen LogP contribution < -0.4 is 15.4 Å². The van der Waals surface area contributed by atoms with Gasteiger partial charge in [0.1, 0.15) is 6.10 Å². The second-order valence-corrected chi connectivity index (χ2v) is 12.2. The van der Waals surface area contributed by atoms with Gasteiger partial charge < -0.3 is 25.3 Å². The van der Waals surface area contributed by atoms with Gasteiger partial charge in [-0.3, -0.25) is 4.79 Å². The van der Waals surface area contributed by atoms with Crippen LogP contribution in [0.2, 0.25) is 0 Å². The first kappa shape index (κ1) is 28.2. The molecule has 2 fully saturated rings. The number of nitrogens with zero attached hydrogens (tertiary/aromatic N) is 5. The van der Waals surface area contributed by atoms with Gasteiger partial charge in [0.25, 0.3) is 0 Å². The highest BCUT2D eigenvalue weighted by molar-refractivity contribution is 5.87. The standard InChI is InChI=1S/C32H42N8O2/c1-5-29(41)35-24-10-8-22(9-11-24)28-17-23-7-6-21(16-27(23)36-28)18-33-31-38-32(42-25-12-14-39(4)15-13-25)37-30-26(20(2)3)19-34-40(30)31/h5-7,16-17,19-20,22,24-25,36H,1,8-15,18H2,2-4H3,(H,35,41)(H,33,37,38). The van der Waals surface area contributed by atoms with Crippen LogP contribution >= 0.6 is 0 Å². The molecule has 4 heterocycles. The molecule has 1 aromatic carbocycles. The molecule has 2 aliphatic rings. The van der Waals surface area contributed by atoms with Gasteiger partial charge in [-0.2, -0.15) is 19.6 Å². The number of amides is 1. The lowest BCUT2D eigenvalue weighted by molar-refractivity contribution is -0.117. The molecular formula is C32H42N8O2. The zero-order valence-electron chi connectivity index (χ0n) is 24.9. The summed E-state index contributed by atoms with van der Waals surface area (Å²) in [5, 5.41) is 12.4. The van der Waals surface area contributed by atoms with Crippen LogP contribution in [0.4, 0.5) is 5.95 Å². The van der Waals surface area contributed by atoms with E-state index in [1.807, 2.05) is 6.20 Å². The van der Waals surface area contributed by atoms with Gasteiger partial charge in [0.2, 0.25) is 11.9 Å². The number of carbonyl (C=O) groups excluding carboxylic acids is 1. The highest BCUT2D eigenvalue weighted by Gasteiger charge is 2.25. The van der Waals surface area contributed by atoms with Gasteiger partial charge in [-0.05, 0) is 86.6 Å². The molecule has 10 nitrogen and oxygen atoms in total. The van der Waals surface area contributed by atoms with Crippen LogP contribution in [-0.2, 0) is 11.3 Å². The number of anilines is 1. The monoisotopic (exact) mass is 570 g/mol. The van der Waals surface area contributed by atoms with Crippen LogP contribution in [0, 0.1) is 0 Å². The number of rotatable bonds is 9. The number of hydrogen-bond donors (Lipinski definition) is 3. The van der Waals surface area contributed by atoms with Crippen molar-refractivity contribution < 1.29 is 9.53 Å². The summed E-state index contributed by atoms with van der Waals surface area (Å²) < 4.78 is 8.09. The Kier molecular flexibility index (Phi) is 8.15. The molecule has 222 valence electrons. The number of hydrogen-bond acceptors (Lipinski definition) is 7. The van der Waals surface area contributed by atoms with Crippen molar-refractivity contribution in [1.29, 1.82) is 0 Å². The number of H-pyrrole nitrogens is 1. The van der Waals surface area contributed by atoms with Crippen molar-refractivity contribution in [1.82, 2.24) is 34.8 Å². The summed E-state index contributed by atoms with van der Waals surface area (Å²) in [6.45, 7) is 10.5. The molecule has 0 atom stereocenters. The molecule has 0 bridgehead atoms. The Bertz CT molecular complexity index is 1560. The molecule has 3 aromatic heterocycles. The van der Waals surface area contributed by atoms with E-state index in [-0.39, 0.29) is 24.0 Å². The normalized spacial score (nSPS) is 20.3. The highest BCUT2D eigenvalue weighted by Crippen LogP contribution is 2.34. The van der Waals surface area contributed by atoms with E-state index in [4.69, 9.17) is 14.7 Å². The first-order valence-electron chi connectivity index (χ1n) is 15.3. The lowest BCUT2D eigenvalue weighted by Gasteiger charge is -2.28. The maximum Gasteiger partial charge on any atom is 0.322 e. The SMILES string of the molecule is C=CC(=O)NC1CCC(c2cc3ccc(CNc4nc(OC5CCN(C)CC5)nc5c(C(C)C)cnn45)cc3[nH]2)CC1. The molecule has 1 aliphatic heterocycles. The summed E-state index contributed by atoms with van der Waals surface area (Å²) >= 11 is 0. The average molecular weight is 571 g/mol. The Balaban J connectivity index is 1.16. The van der Waals surface area contributed by atoms with Crippen LogP contribution in [0.25, 0.3) is 16.6 Å². The van der Waals surface area contributed by atoms with Gasteiger partial charge in [0, 0.05) is 42.5 Å². The fraction of sp³-hybridized carbons (Fsp3) is 0.500. The number of nitrogens with one attached hydrogen (secondary N) is 3. The Morgan fingerprint density at radius 3 is 2.67 bits per heavy atom. The largest absolute Gasteiger partial charge is 0.460 e. The van der Waals surface area contributed by atoms with E-state index in [9.17, 15) is 4.79 Å². The molecule has 0 unspecified atom stereocenters. The van der Waals surface area contributed by atoms with E-state index in [1.165, 1.54) is 17.2 Å². The number of fused-ring (bicyclic) bond motifs is 2. The van der Waals surface area contributed by atoms with Crippen LogP contribution in [-0.4, -0.2) is 67.7 Å². The molecule has 6 rings (SSSR count). The van der Waals surface area contributed by atoms with Crippen molar-refractivity contribution in [3.05, 3.63) is 59.9 Å². The van der Waals surface area contributed by atoms with Crippen LogP contribution in [0.3, 0.4) is 0 Å². The molecule has 1 saturated heterocycles. The predicted octanol–water partition coefficient (Wildman–Crippen LogP) is 5.14. The topological polar surface area (TPSA) is 112 Å². The number of aromatic nitrogens is 5. The number of benzene rings is 1. The Morgan fingerprint density at radius 2 is 1.93 bits per heavy atom. The minimum atomic E-state index is -0.0816. The fourth-order valence-electron chi connectivity index (χ4n) is 6.22. The molecule has 4 aromatic rings. The van der Waals surface area contributed by atoms with Gasteiger partial charge in [-0.25, -0.2) is 0 Å². The van der Waals surface area contributed by atoms with E-state index >= 15 is 0 Å². The average Bonchev–Trinajstić information content (AvgIpc) is 3.62. The Labute approximate surface area is 246 Å². The van der Waals surface area contributed by atoms with E-state index in [0.29, 0.717) is 24.4 Å². The first-order valence-corrected chi connectivity index (χ1v) is 15.3. The minimum Gasteiger partial charge on any atom is -0.460 e. The number of likely N-dealkylation sites (tertiary alicyclic amines) is 1. The van der Waals surface area contributed by atoms with Crippen molar-refractivity contribution in [2.45, 2.75) is 82.9 Å². The third-order valence-electron chi connectivity index (χ3n) is 8.79. The molecule has 42 heavy (non-hydrogen) atoms. The van der Waals surface area contributed by atoms with Gasteiger partial charge in [-0.15, -0.1) is 0 Å². The van der Waals surface area contributed by atoms with Gasteiger partial charge in [-0.1, -0.05) is 32.6 Å². The van der Waals surface area contributed by atoms with Crippen molar-refractivity contribution in [3.63, 3.8) is 0 Å². The van der Waals surface area contributed by atoms with Crippen molar-refractivity contribution in [3.8, 4) is 6.01 Å². The molecular weight excluding hydrogens is 528 g/mol. The number of piperidine rings is 1. The maximum atomic E-state index is 11.7. The number of carbonyl (C=O) groups is 1. The minimum absolute atomic E-state index is 0.0816. The first-order chi connectivity index (χ1) is 20.4. The van der Waals surface area contributed by atoms with E-state index in [0.717, 1.165) is 73.9 Å². The summed E-state index contributed by atoms with van der Waals surface area (Å²) in [6, 6.07) is 9.47. The lowest BCUT2D eigenvalue weighted by atomic mass is 9.84. The molecule has 1 aliphatic carbocycles. The number of ether oxygens (including phenoxy) is 1. The smallest absolute Gasteiger partial charge is 0.322 e. The fourth-order valence-corrected chi connectivity index (χ4v) is 6.22. The van der Waals surface area contributed by atoms with Crippen LogP contribution in [0.1, 0.15) is 81.0 Å². The molecule has 0 spiro atoms. The zero-order chi connectivity index (χ0) is 29.2. The van der Waals surface area contributed by atoms with Crippen LogP contribution in [0.5, 0.6) is 6.01 Å². The summed E-state index contributed by atoms with van der Waals surface area (Å²) in [5.74, 6) is 1.30. The molecule has 1 saturated carbocycles. The summed E-state index contributed by atoms with van der Waals surface area (Å²) in [5.41, 5.74) is 5.41. The quantitative estimate of drug-likeness (QED) is 0.239. The summed E-state index contributed by atoms with van der Waals surface area (Å²) in [4.78, 5) is 27.2. The van der Waals surface area contributed by atoms with E-state index in [2.05, 4.69) is 77.4 Å². The van der Waals surface area contributed by atoms with Gasteiger partial charge in [0.05, 0.1) is 6.20 Å². The van der Waals surface area contributed by atoms with Crippen LogP contribution in [0.15, 0.2) is 43.1 Å². The second kappa shape index (κ2) is 12.1. The van der Waals surface area contributed by atoms with Crippen molar-refractivity contribution >= 4 is 28.4 Å². The molecule has 0 radical (unpaired) electrons. The number of aromatic amines is 1. The van der Waals surface area contributed by atoms with Gasteiger partial charge >= 0.3 is 6.01 Å². The van der Waals surface area contributed by atoms with Gasteiger partial charge in [0.15, 0.2) is 5.65 Å². The maximum absolute atomic E-state index is 11.7.